The van der Waals surface area contributed by atoms with Crippen LogP contribution in [0.4, 0.5) is 4.79 Å². The normalized spacial score (nSPS) is 14.3. The maximum atomic E-state index is 12.0. The van der Waals surface area contributed by atoms with Crippen molar-refractivity contribution < 1.29 is 19.0 Å². The summed E-state index contributed by atoms with van der Waals surface area (Å²) in [6, 6.07) is 17.0. The molecule has 23 heavy (non-hydrogen) atoms. The molecule has 5 heteroatoms. The molecule has 0 aliphatic carbocycles. The Labute approximate surface area is 135 Å². The van der Waals surface area contributed by atoms with Gasteiger partial charge in [0.2, 0.25) is 0 Å². The van der Waals surface area contributed by atoms with E-state index in [-0.39, 0.29) is 6.09 Å². The molecule has 1 heterocycles. The molecule has 1 aliphatic heterocycles. The Bertz CT molecular complexity index is 621. The maximum Gasteiger partial charge on any atom is 0.415 e. The van der Waals surface area contributed by atoms with Crippen molar-refractivity contribution in [1.82, 2.24) is 4.90 Å². The van der Waals surface area contributed by atoms with Crippen molar-refractivity contribution >= 4 is 6.09 Å². The molecule has 0 radical (unpaired) electrons. The fourth-order valence-corrected chi connectivity index (χ4v) is 2.26. The first kappa shape index (κ1) is 15.4. The van der Waals surface area contributed by atoms with E-state index in [0.717, 1.165) is 11.3 Å². The van der Waals surface area contributed by atoms with Crippen molar-refractivity contribution in [3.63, 3.8) is 0 Å². The fourth-order valence-electron chi connectivity index (χ4n) is 2.26. The molecule has 2 aromatic carbocycles. The minimum Gasteiger partial charge on any atom is -0.489 e. The lowest BCUT2D eigenvalue weighted by Gasteiger charge is -2.25. The van der Waals surface area contributed by atoms with E-state index < -0.39 is 0 Å². The molecule has 0 aromatic heterocycles. The topological polar surface area (TPSA) is 48.0 Å². The molecule has 0 unspecified atom stereocenters. The van der Waals surface area contributed by atoms with E-state index in [1.54, 1.807) is 29.2 Å². The van der Waals surface area contributed by atoms with Crippen LogP contribution in [-0.2, 0) is 11.3 Å². The molecule has 1 aliphatic rings. The number of carbonyl (C=O) groups is 1. The Morgan fingerprint density at radius 1 is 0.957 bits per heavy atom. The number of nitrogens with zero attached hydrogens (tertiary/aromatic N) is 1. The second-order valence-electron chi connectivity index (χ2n) is 5.21. The summed E-state index contributed by atoms with van der Waals surface area (Å²) in [5, 5.41) is 0. The molecule has 0 atom stereocenters. The second kappa shape index (κ2) is 7.65. The summed E-state index contributed by atoms with van der Waals surface area (Å²) in [7, 11) is 0. The maximum absolute atomic E-state index is 12.0. The molecular weight excluding hydrogens is 294 g/mol. The molecule has 1 amide bonds. The average molecular weight is 313 g/mol. The zero-order valence-electron chi connectivity index (χ0n) is 12.8. The van der Waals surface area contributed by atoms with Crippen LogP contribution in [0.15, 0.2) is 54.6 Å². The van der Waals surface area contributed by atoms with Gasteiger partial charge in [0.1, 0.15) is 18.1 Å². The zero-order chi connectivity index (χ0) is 15.9. The summed E-state index contributed by atoms with van der Waals surface area (Å²) in [5.41, 5.74) is 1.11. The molecule has 0 N–H and O–H groups in total. The van der Waals surface area contributed by atoms with Gasteiger partial charge in [-0.2, -0.15) is 0 Å². The van der Waals surface area contributed by atoms with Gasteiger partial charge in [0.05, 0.1) is 13.2 Å². The van der Waals surface area contributed by atoms with Crippen molar-refractivity contribution in [3.8, 4) is 11.5 Å². The van der Waals surface area contributed by atoms with Crippen LogP contribution in [0.3, 0.4) is 0 Å². The summed E-state index contributed by atoms with van der Waals surface area (Å²) in [4.78, 5) is 13.6. The predicted octanol–water partition coefficient (Wildman–Crippen LogP) is 3.10. The molecule has 0 spiro atoms. The third-order valence-corrected chi connectivity index (χ3v) is 3.55. The smallest absolute Gasteiger partial charge is 0.415 e. The second-order valence-corrected chi connectivity index (χ2v) is 5.21. The highest BCUT2D eigenvalue weighted by atomic mass is 16.6. The van der Waals surface area contributed by atoms with Gasteiger partial charge < -0.3 is 19.1 Å². The van der Waals surface area contributed by atoms with Crippen LogP contribution in [0.2, 0.25) is 0 Å². The van der Waals surface area contributed by atoms with E-state index in [1.165, 1.54) is 0 Å². The number of ether oxygens (including phenoxy) is 3. The number of amides is 1. The molecule has 5 nitrogen and oxygen atoms in total. The predicted molar refractivity (Wildman–Crippen MR) is 85.6 cm³/mol. The Morgan fingerprint density at radius 2 is 1.61 bits per heavy atom. The zero-order valence-corrected chi connectivity index (χ0v) is 12.8. The van der Waals surface area contributed by atoms with Gasteiger partial charge in [0, 0.05) is 13.1 Å². The lowest BCUT2D eigenvalue weighted by molar-refractivity contribution is 0.0416. The Balaban J connectivity index is 1.51. The largest absolute Gasteiger partial charge is 0.489 e. The first-order valence-corrected chi connectivity index (χ1v) is 7.62. The first-order chi connectivity index (χ1) is 11.3. The summed E-state index contributed by atoms with van der Waals surface area (Å²) in [6.07, 6.45) is -0.341. The van der Waals surface area contributed by atoms with Crippen LogP contribution >= 0.6 is 0 Å². The average Bonchev–Trinajstić information content (AvgIpc) is 2.63. The van der Waals surface area contributed by atoms with Gasteiger partial charge in [-0.1, -0.05) is 30.3 Å². The van der Waals surface area contributed by atoms with Crippen molar-refractivity contribution in [2.45, 2.75) is 6.61 Å². The highest BCUT2D eigenvalue weighted by molar-refractivity contribution is 5.70. The molecule has 0 saturated carbocycles. The molecule has 120 valence electrons. The Morgan fingerprint density at radius 3 is 2.30 bits per heavy atom. The minimum atomic E-state index is -0.341. The van der Waals surface area contributed by atoms with Gasteiger partial charge in [-0.3, -0.25) is 0 Å². The van der Waals surface area contributed by atoms with E-state index in [9.17, 15) is 4.79 Å². The lowest BCUT2D eigenvalue weighted by Crippen LogP contribution is -2.42. The van der Waals surface area contributed by atoms with Crippen LogP contribution in [0.1, 0.15) is 5.56 Å². The Kier molecular flexibility index (Phi) is 5.11. The first-order valence-electron chi connectivity index (χ1n) is 7.62. The van der Waals surface area contributed by atoms with E-state index in [2.05, 4.69) is 0 Å². The summed E-state index contributed by atoms with van der Waals surface area (Å²) >= 11 is 0. The van der Waals surface area contributed by atoms with E-state index in [1.807, 2.05) is 30.3 Å². The minimum absolute atomic E-state index is 0.341. The number of hydrogen-bond donors (Lipinski definition) is 0. The molecule has 2 aromatic rings. The Hall–Kier alpha value is -2.53. The lowest BCUT2D eigenvalue weighted by atomic mass is 10.2. The molecule has 3 rings (SSSR count). The molecule has 1 saturated heterocycles. The molecular formula is C18H19NO4. The van der Waals surface area contributed by atoms with Crippen LogP contribution in [0.25, 0.3) is 0 Å². The van der Waals surface area contributed by atoms with Crippen LogP contribution in [0, 0.1) is 0 Å². The van der Waals surface area contributed by atoms with Crippen LogP contribution < -0.4 is 9.47 Å². The highest BCUT2D eigenvalue weighted by Crippen LogP contribution is 2.19. The van der Waals surface area contributed by atoms with Gasteiger partial charge in [0.25, 0.3) is 0 Å². The van der Waals surface area contributed by atoms with Crippen molar-refractivity contribution in [1.29, 1.82) is 0 Å². The third-order valence-electron chi connectivity index (χ3n) is 3.55. The van der Waals surface area contributed by atoms with Crippen LogP contribution in [0.5, 0.6) is 11.5 Å². The van der Waals surface area contributed by atoms with Crippen LogP contribution in [-0.4, -0.2) is 37.3 Å². The summed E-state index contributed by atoms with van der Waals surface area (Å²) < 4.78 is 16.3. The van der Waals surface area contributed by atoms with Gasteiger partial charge in [-0.15, -0.1) is 0 Å². The van der Waals surface area contributed by atoms with Gasteiger partial charge in [0.15, 0.2) is 0 Å². The van der Waals surface area contributed by atoms with Crippen molar-refractivity contribution in [3.05, 3.63) is 60.2 Å². The quantitative estimate of drug-likeness (QED) is 0.870. The number of rotatable bonds is 4. The number of benzene rings is 2. The van der Waals surface area contributed by atoms with Gasteiger partial charge in [-0.25, -0.2) is 4.79 Å². The SMILES string of the molecule is O=C(Oc1ccc(OCc2ccccc2)cc1)N1CCOCC1. The van der Waals surface area contributed by atoms with Gasteiger partial charge in [-0.05, 0) is 29.8 Å². The molecule has 0 bridgehead atoms. The highest BCUT2D eigenvalue weighted by Gasteiger charge is 2.18. The van der Waals surface area contributed by atoms with E-state index >= 15 is 0 Å². The standard InChI is InChI=1S/C18H19NO4/c20-18(19-10-12-21-13-11-19)23-17-8-6-16(7-9-17)22-14-15-4-2-1-3-5-15/h1-9H,10-14H2. The van der Waals surface area contributed by atoms with Gasteiger partial charge >= 0.3 is 6.09 Å². The van der Waals surface area contributed by atoms with E-state index in [4.69, 9.17) is 14.2 Å². The number of morpholine rings is 1. The van der Waals surface area contributed by atoms with Crippen molar-refractivity contribution in [2.75, 3.05) is 26.3 Å². The summed E-state index contributed by atoms with van der Waals surface area (Å²) in [5.74, 6) is 1.24. The van der Waals surface area contributed by atoms with Crippen molar-refractivity contribution in [2.24, 2.45) is 0 Å². The third kappa shape index (κ3) is 4.47. The number of carbonyl (C=O) groups excluding carboxylic acids is 1. The fraction of sp³-hybridized carbons (Fsp3) is 0.278. The molecule has 1 fully saturated rings. The number of hydrogen-bond acceptors (Lipinski definition) is 4. The monoisotopic (exact) mass is 313 g/mol. The summed E-state index contributed by atoms with van der Waals surface area (Å²) in [6.45, 7) is 2.75. The van der Waals surface area contributed by atoms with E-state index in [0.29, 0.717) is 38.7 Å².